The predicted molar refractivity (Wildman–Crippen MR) is 108 cm³/mol. The van der Waals surface area contributed by atoms with Crippen LogP contribution in [0.5, 0.6) is 11.5 Å². The minimum absolute atomic E-state index is 0.0716. The maximum Gasteiger partial charge on any atom is 0.313 e. The van der Waals surface area contributed by atoms with Crippen LogP contribution < -0.4 is 15.4 Å². The van der Waals surface area contributed by atoms with E-state index in [0.717, 1.165) is 24.8 Å². The van der Waals surface area contributed by atoms with Crippen LogP contribution in [0, 0.1) is 18.8 Å². The molecule has 6 heteroatoms. The van der Waals surface area contributed by atoms with Gasteiger partial charge in [0.15, 0.2) is 0 Å². The third-order valence-electron chi connectivity index (χ3n) is 5.45. The number of aryl methyl sites for hydroxylation is 1. The molecule has 3 atom stereocenters. The number of nitrogens with zero attached hydrogens (tertiary/aromatic N) is 1. The highest BCUT2D eigenvalue weighted by atomic mass is 16.5. The normalized spacial score (nSPS) is 21.6. The lowest BCUT2D eigenvalue weighted by molar-refractivity contribution is -0.136. The summed E-state index contributed by atoms with van der Waals surface area (Å²) in [5.41, 5.74) is 1.41. The first-order valence-electron chi connectivity index (χ1n) is 9.72. The van der Waals surface area contributed by atoms with Gasteiger partial charge in [0.1, 0.15) is 11.5 Å². The van der Waals surface area contributed by atoms with E-state index in [-0.39, 0.29) is 6.04 Å². The van der Waals surface area contributed by atoms with Crippen molar-refractivity contribution < 1.29 is 14.3 Å². The number of anilines is 1. The van der Waals surface area contributed by atoms with Gasteiger partial charge in [-0.15, -0.1) is 0 Å². The molecule has 0 spiro atoms. The minimum atomic E-state index is -0.645. The molecule has 1 aromatic heterocycles. The molecule has 0 bridgehead atoms. The zero-order valence-electron chi connectivity index (χ0n) is 16.6. The van der Waals surface area contributed by atoms with Gasteiger partial charge in [-0.2, -0.15) is 0 Å². The van der Waals surface area contributed by atoms with Crippen molar-refractivity contribution in [3.05, 3.63) is 48.3 Å². The van der Waals surface area contributed by atoms with Crippen molar-refractivity contribution in [2.45, 2.75) is 46.1 Å². The van der Waals surface area contributed by atoms with Gasteiger partial charge in [-0.3, -0.25) is 14.6 Å². The molecular formula is C22H27N3O3. The molecule has 0 radical (unpaired) electrons. The van der Waals surface area contributed by atoms with E-state index in [1.54, 1.807) is 42.7 Å². The van der Waals surface area contributed by atoms with Crippen molar-refractivity contribution >= 4 is 17.5 Å². The summed E-state index contributed by atoms with van der Waals surface area (Å²) >= 11 is 0. The Balaban J connectivity index is 1.56. The number of hydrogen-bond donors (Lipinski definition) is 2. The molecule has 1 aromatic carbocycles. The number of carbonyl (C=O) groups is 2. The lowest BCUT2D eigenvalue weighted by Gasteiger charge is -2.32. The van der Waals surface area contributed by atoms with Crippen LogP contribution in [0.4, 0.5) is 5.69 Å². The summed E-state index contributed by atoms with van der Waals surface area (Å²) < 4.78 is 5.80. The Hall–Kier alpha value is -2.89. The van der Waals surface area contributed by atoms with Crippen LogP contribution in [-0.2, 0) is 9.59 Å². The number of aromatic nitrogens is 1. The van der Waals surface area contributed by atoms with Gasteiger partial charge in [0.2, 0.25) is 0 Å². The highest BCUT2D eigenvalue weighted by Gasteiger charge is 2.27. The molecule has 1 fully saturated rings. The van der Waals surface area contributed by atoms with E-state index in [1.165, 1.54) is 0 Å². The van der Waals surface area contributed by atoms with E-state index in [1.807, 2.05) is 6.92 Å². The molecule has 1 heterocycles. The summed E-state index contributed by atoms with van der Waals surface area (Å²) in [6.45, 7) is 6.32. The Morgan fingerprint density at radius 2 is 1.79 bits per heavy atom. The average Bonchev–Trinajstić information content (AvgIpc) is 2.67. The highest BCUT2D eigenvalue weighted by Crippen LogP contribution is 2.29. The molecule has 28 heavy (non-hydrogen) atoms. The van der Waals surface area contributed by atoms with Gasteiger partial charge in [-0.05, 0) is 73.9 Å². The van der Waals surface area contributed by atoms with Crippen molar-refractivity contribution in [1.82, 2.24) is 10.3 Å². The van der Waals surface area contributed by atoms with Crippen LogP contribution in [0.1, 0.15) is 38.7 Å². The second-order valence-electron chi connectivity index (χ2n) is 7.66. The standard InChI is InChI=1S/C22H27N3O3/c1-14-4-5-17(12-15(14)2)24-21(26)22(27)25-18-6-7-20(16(3)13-18)28-19-8-10-23-11-9-19/h6-11,13-15,17H,4-5,12H2,1-3H3,(H,24,26)(H,25,27). The molecular weight excluding hydrogens is 354 g/mol. The monoisotopic (exact) mass is 381 g/mol. The fourth-order valence-electron chi connectivity index (χ4n) is 3.49. The number of amides is 2. The van der Waals surface area contributed by atoms with Crippen molar-refractivity contribution in [3.63, 3.8) is 0 Å². The topological polar surface area (TPSA) is 80.3 Å². The minimum Gasteiger partial charge on any atom is -0.457 e. The molecule has 0 aliphatic heterocycles. The van der Waals surface area contributed by atoms with Gasteiger partial charge in [0.25, 0.3) is 0 Å². The fraction of sp³-hybridized carbons (Fsp3) is 0.409. The number of carbonyl (C=O) groups excluding carboxylic acids is 2. The lowest BCUT2D eigenvalue weighted by Crippen LogP contribution is -2.44. The Bertz CT molecular complexity index is 838. The molecule has 1 aliphatic carbocycles. The molecule has 3 rings (SSSR count). The number of nitrogens with one attached hydrogen (secondary N) is 2. The number of benzene rings is 1. The summed E-state index contributed by atoms with van der Waals surface area (Å²) in [5.74, 6) is 1.36. The third-order valence-corrected chi connectivity index (χ3v) is 5.45. The van der Waals surface area contributed by atoms with E-state index in [2.05, 4.69) is 29.5 Å². The van der Waals surface area contributed by atoms with Crippen LogP contribution in [0.25, 0.3) is 0 Å². The summed E-state index contributed by atoms with van der Waals surface area (Å²) in [6.07, 6.45) is 6.23. The number of rotatable bonds is 4. The van der Waals surface area contributed by atoms with Crippen LogP contribution in [-0.4, -0.2) is 22.8 Å². The Kier molecular flexibility index (Phi) is 6.29. The second kappa shape index (κ2) is 8.87. The molecule has 6 nitrogen and oxygen atoms in total. The second-order valence-corrected chi connectivity index (χ2v) is 7.66. The van der Waals surface area contributed by atoms with Crippen LogP contribution in [0.2, 0.25) is 0 Å². The number of hydrogen-bond acceptors (Lipinski definition) is 4. The Morgan fingerprint density at radius 1 is 1.04 bits per heavy atom. The third kappa shape index (κ3) is 5.09. The molecule has 2 N–H and O–H groups in total. The van der Waals surface area contributed by atoms with Gasteiger partial charge in [-0.1, -0.05) is 13.8 Å². The fourth-order valence-corrected chi connectivity index (χ4v) is 3.49. The van der Waals surface area contributed by atoms with Crippen molar-refractivity contribution in [2.24, 2.45) is 11.8 Å². The zero-order valence-corrected chi connectivity index (χ0v) is 16.6. The largest absolute Gasteiger partial charge is 0.457 e. The summed E-state index contributed by atoms with van der Waals surface area (Å²) in [4.78, 5) is 28.5. The molecule has 3 unspecified atom stereocenters. The number of pyridine rings is 1. The van der Waals surface area contributed by atoms with Gasteiger partial charge >= 0.3 is 11.8 Å². The quantitative estimate of drug-likeness (QED) is 0.783. The van der Waals surface area contributed by atoms with Gasteiger partial charge < -0.3 is 15.4 Å². The van der Waals surface area contributed by atoms with Crippen LogP contribution in [0.3, 0.4) is 0 Å². The highest BCUT2D eigenvalue weighted by molar-refractivity contribution is 6.39. The van der Waals surface area contributed by atoms with E-state index in [9.17, 15) is 9.59 Å². The molecule has 0 saturated heterocycles. The summed E-state index contributed by atoms with van der Waals surface area (Å²) in [7, 11) is 0. The molecule has 1 saturated carbocycles. The molecule has 148 valence electrons. The van der Waals surface area contributed by atoms with Crippen LogP contribution >= 0.6 is 0 Å². The van der Waals surface area contributed by atoms with Gasteiger partial charge in [0.05, 0.1) is 0 Å². The van der Waals surface area contributed by atoms with E-state index >= 15 is 0 Å². The van der Waals surface area contributed by atoms with Gasteiger partial charge in [-0.25, -0.2) is 0 Å². The summed E-state index contributed by atoms with van der Waals surface area (Å²) in [6, 6.07) is 8.89. The lowest BCUT2D eigenvalue weighted by atomic mass is 9.79. The zero-order chi connectivity index (χ0) is 20.1. The number of ether oxygens (including phenoxy) is 1. The first-order chi connectivity index (χ1) is 13.4. The van der Waals surface area contributed by atoms with E-state index in [4.69, 9.17) is 4.74 Å². The van der Waals surface area contributed by atoms with Crippen molar-refractivity contribution in [3.8, 4) is 11.5 Å². The molecule has 2 aromatic rings. The maximum absolute atomic E-state index is 12.3. The molecule has 2 amide bonds. The van der Waals surface area contributed by atoms with Crippen molar-refractivity contribution in [2.75, 3.05) is 5.32 Å². The van der Waals surface area contributed by atoms with Gasteiger partial charge in [0, 0.05) is 24.1 Å². The smallest absolute Gasteiger partial charge is 0.313 e. The Labute approximate surface area is 165 Å². The van der Waals surface area contributed by atoms with Crippen LogP contribution in [0.15, 0.2) is 42.7 Å². The first-order valence-corrected chi connectivity index (χ1v) is 9.72. The molecule has 1 aliphatic rings. The first kappa shape index (κ1) is 19.9. The maximum atomic E-state index is 12.3. The Morgan fingerprint density at radius 3 is 2.46 bits per heavy atom. The van der Waals surface area contributed by atoms with E-state index in [0.29, 0.717) is 29.0 Å². The van der Waals surface area contributed by atoms with Crippen molar-refractivity contribution in [1.29, 1.82) is 0 Å². The SMILES string of the molecule is Cc1cc(NC(=O)C(=O)NC2CCC(C)C(C)C2)ccc1Oc1ccncc1. The average molecular weight is 381 g/mol. The van der Waals surface area contributed by atoms with E-state index < -0.39 is 11.8 Å². The summed E-state index contributed by atoms with van der Waals surface area (Å²) in [5, 5.41) is 5.53. The predicted octanol–water partition coefficient (Wildman–Crippen LogP) is 4.06.